The van der Waals surface area contributed by atoms with Crippen molar-refractivity contribution < 1.29 is 22.8 Å². The van der Waals surface area contributed by atoms with Crippen LogP contribution in [0.25, 0.3) is 0 Å². The smallest absolute Gasteiger partial charge is 0.380 e. The summed E-state index contributed by atoms with van der Waals surface area (Å²) in [6.07, 6.45) is -1.64. The number of non-ortho nitro benzene ring substituents is 1. The maximum atomic E-state index is 12.8. The standard InChI is InChI=1S/C17H19F3N4O3/c1-27-11-12-9-13(24(25)26)4-5-15(12)22-7-2-3-14(10-22)23-8-6-16(21-23)17(18,19)20/h4-6,8-9,14H,2-3,7,10-11H2,1H3. The number of methoxy groups -OCH3 is 1. The van der Waals surface area contributed by atoms with E-state index in [0.717, 1.165) is 18.2 Å². The second-order valence-corrected chi connectivity index (χ2v) is 6.42. The largest absolute Gasteiger partial charge is 0.435 e. The average Bonchev–Trinajstić information content (AvgIpc) is 3.12. The van der Waals surface area contributed by atoms with Crippen LogP contribution in [-0.2, 0) is 17.5 Å². The molecule has 0 aliphatic carbocycles. The molecule has 1 atom stereocenters. The van der Waals surface area contributed by atoms with Gasteiger partial charge in [0.25, 0.3) is 5.69 Å². The third kappa shape index (κ3) is 4.21. The molecule has 3 rings (SSSR count). The number of piperidine rings is 1. The maximum absolute atomic E-state index is 12.8. The Bertz CT molecular complexity index is 822. The molecule has 0 N–H and O–H groups in total. The molecular weight excluding hydrogens is 365 g/mol. The number of alkyl halides is 3. The predicted molar refractivity (Wildman–Crippen MR) is 91.5 cm³/mol. The van der Waals surface area contributed by atoms with Gasteiger partial charge in [-0.05, 0) is 25.0 Å². The van der Waals surface area contributed by atoms with Crippen LogP contribution in [0.3, 0.4) is 0 Å². The Labute approximate surface area is 153 Å². The second-order valence-electron chi connectivity index (χ2n) is 6.42. The zero-order chi connectivity index (χ0) is 19.6. The molecule has 1 saturated heterocycles. The molecule has 27 heavy (non-hydrogen) atoms. The first-order chi connectivity index (χ1) is 12.8. The van der Waals surface area contributed by atoms with Gasteiger partial charge in [-0.3, -0.25) is 14.8 Å². The van der Waals surface area contributed by atoms with Gasteiger partial charge < -0.3 is 9.64 Å². The van der Waals surface area contributed by atoms with Gasteiger partial charge in [-0.15, -0.1) is 0 Å². The van der Waals surface area contributed by atoms with E-state index in [2.05, 4.69) is 5.10 Å². The molecule has 2 aromatic rings. The van der Waals surface area contributed by atoms with Gasteiger partial charge in [0, 0.05) is 49.8 Å². The third-order valence-corrected chi connectivity index (χ3v) is 4.58. The number of anilines is 1. The lowest BCUT2D eigenvalue weighted by Gasteiger charge is -2.35. The Balaban J connectivity index is 1.83. The molecule has 7 nitrogen and oxygen atoms in total. The van der Waals surface area contributed by atoms with Crippen molar-refractivity contribution >= 4 is 11.4 Å². The molecule has 0 bridgehead atoms. The van der Waals surface area contributed by atoms with Crippen LogP contribution in [0.2, 0.25) is 0 Å². The Morgan fingerprint density at radius 1 is 1.37 bits per heavy atom. The fraction of sp³-hybridized carbons (Fsp3) is 0.471. The zero-order valence-corrected chi connectivity index (χ0v) is 14.6. The first-order valence-corrected chi connectivity index (χ1v) is 8.43. The van der Waals surface area contributed by atoms with E-state index in [1.54, 1.807) is 6.07 Å². The summed E-state index contributed by atoms with van der Waals surface area (Å²) < 4.78 is 44.9. The fourth-order valence-corrected chi connectivity index (χ4v) is 3.35. The quantitative estimate of drug-likeness (QED) is 0.579. The molecule has 0 amide bonds. The van der Waals surface area contributed by atoms with E-state index in [1.807, 2.05) is 4.90 Å². The normalized spacial score (nSPS) is 17.9. The van der Waals surface area contributed by atoms with Crippen LogP contribution >= 0.6 is 0 Å². The first kappa shape index (κ1) is 19.2. The molecular formula is C17H19F3N4O3. The van der Waals surface area contributed by atoms with E-state index >= 15 is 0 Å². The molecule has 146 valence electrons. The lowest BCUT2D eigenvalue weighted by Crippen LogP contribution is -2.37. The van der Waals surface area contributed by atoms with Crippen LogP contribution in [-0.4, -0.2) is 34.9 Å². The number of hydrogen-bond donors (Lipinski definition) is 0. The second kappa shape index (κ2) is 7.55. The molecule has 0 radical (unpaired) electrons. The summed E-state index contributed by atoms with van der Waals surface area (Å²) in [6, 6.07) is 5.33. The molecule has 1 unspecified atom stereocenters. The summed E-state index contributed by atoms with van der Waals surface area (Å²) >= 11 is 0. The molecule has 2 heterocycles. The Kier molecular flexibility index (Phi) is 5.36. The van der Waals surface area contributed by atoms with Crippen LogP contribution in [0.5, 0.6) is 0 Å². The maximum Gasteiger partial charge on any atom is 0.435 e. The van der Waals surface area contributed by atoms with E-state index in [4.69, 9.17) is 4.74 Å². The summed E-state index contributed by atoms with van der Waals surface area (Å²) in [4.78, 5) is 12.6. The third-order valence-electron chi connectivity index (χ3n) is 4.58. The van der Waals surface area contributed by atoms with Crippen molar-refractivity contribution in [1.82, 2.24) is 9.78 Å². The molecule has 1 aromatic heterocycles. The number of hydrogen-bond acceptors (Lipinski definition) is 5. The van der Waals surface area contributed by atoms with Gasteiger partial charge in [0.05, 0.1) is 17.6 Å². The monoisotopic (exact) mass is 384 g/mol. The predicted octanol–water partition coefficient (Wildman–Crippen LogP) is 3.80. The Hall–Kier alpha value is -2.62. The summed E-state index contributed by atoms with van der Waals surface area (Å²) in [5, 5.41) is 14.7. The van der Waals surface area contributed by atoms with Crippen LogP contribution < -0.4 is 4.90 Å². The zero-order valence-electron chi connectivity index (χ0n) is 14.6. The van der Waals surface area contributed by atoms with Gasteiger partial charge >= 0.3 is 6.18 Å². The highest BCUT2D eigenvalue weighted by atomic mass is 19.4. The number of nitrogens with zero attached hydrogens (tertiary/aromatic N) is 4. The fourth-order valence-electron chi connectivity index (χ4n) is 3.35. The highest BCUT2D eigenvalue weighted by molar-refractivity contribution is 5.58. The minimum atomic E-state index is -4.47. The lowest BCUT2D eigenvalue weighted by atomic mass is 10.0. The van der Waals surface area contributed by atoms with Crippen molar-refractivity contribution in [3.05, 3.63) is 51.8 Å². The highest BCUT2D eigenvalue weighted by Crippen LogP contribution is 2.33. The van der Waals surface area contributed by atoms with Crippen LogP contribution in [0.15, 0.2) is 30.5 Å². The number of aromatic nitrogens is 2. The summed E-state index contributed by atoms with van der Waals surface area (Å²) in [6.45, 7) is 1.38. The van der Waals surface area contributed by atoms with Gasteiger partial charge in [0.1, 0.15) is 0 Å². The van der Waals surface area contributed by atoms with Crippen LogP contribution in [0.1, 0.15) is 30.1 Å². The van der Waals surface area contributed by atoms with Gasteiger partial charge in [-0.1, -0.05) is 0 Å². The van der Waals surface area contributed by atoms with Crippen molar-refractivity contribution in [2.75, 3.05) is 25.1 Å². The minimum Gasteiger partial charge on any atom is -0.380 e. The van der Waals surface area contributed by atoms with E-state index < -0.39 is 16.8 Å². The molecule has 1 aromatic carbocycles. The molecule has 0 spiro atoms. The van der Waals surface area contributed by atoms with Gasteiger partial charge in [-0.2, -0.15) is 18.3 Å². The van der Waals surface area contributed by atoms with Crippen molar-refractivity contribution in [2.45, 2.75) is 31.7 Å². The summed E-state index contributed by atoms with van der Waals surface area (Å²) in [5.41, 5.74) is 0.524. The molecule has 1 aliphatic heterocycles. The van der Waals surface area contributed by atoms with Crippen LogP contribution in [0.4, 0.5) is 24.5 Å². The van der Waals surface area contributed by atoms with E-state index in [0.29, 0.717) is 25.1 Å². The summed E-state index contributed by atoms with van der Waals surface area (Å²) in [7, 11) is 1.50. The van der Waals surface area contributed by atoms with E-state index in [-0.39, 0.29) is 18.3 Å². The highest BCUT2D eigenvalue weighted by Gasteiger charge is 2.34. The van der Waals surface area contributed by atoms with E-state index in [1.165, 1.54) is 30.1 Å². The van der Waals surface area contributed by atoms with Gasteiger partial charge in [0.15, 0.2) is 5.69 Å². The van der Waals surface area contributed by atoms with Crippen LogP contribution in [0, 0.1) is 10.1 Å². The van der Waals surface area contributed by atoms with E-state index in [9.17, 15) is 23.3 Å². The SMILES string of the molecule is COCc1cc([N+](=O)[O-])ccc1N1CCCC(n2ccc(C(F)(F)F)n2)C1. The molecule has 0 saturated carbocycles. The number of halogens is 3. The summed E-state index contributed by atoms with van der Waals surface area (Å²) in [5.74, 6) is 0. The Morgan fingerprint density at radius 2 is 2.15 bits per heavy atom. The van der Waals surface area contributed by atoms with Crippen molar-refractivity contribution in [1.29, 1.82) is 0 Å². The topological polar surface area (TPSA) is 73.4 Å². The van der Waals surface area contributed by atoms with Gasteiger partial charge in [0.2, 0.25) is 0 Å². The van der Waals surface area contributed by atoms with Crippen molar-refractivity contribution in [2.24, 2.45) is 0 Å². The average molecular weight is 384 g/mol. The lowest BCUT2D eigenvalue weighted by molar-refractivity contribution is -0.384. The number of rotatable bonds is 5. The first-order valence-electron chi connectivity index (χ1n) is 8.43. The number of nitro benzene ring substituents is 1. The number of benzene rings is 1. The molecule has 10 heteroatoms. The minimum absolute atomic E-state index is 0.0266. The number of nitro groups is 1. The van der Waals surface area contributed by atoms with Crippen molar-refractivity contribution in [3.63, 3.8) is 0 Å². The molecule has 1 aliphatic rings. The van der Waals surface area contributed by atoms with Gasteiger partial charge in [-0.25, -0.2) is 0 Å². The molecule has 1 fully saturated rings. The Morgan fingerprint density at radius 3 is 2.78 bits per heavy atom. The number of ether oxygens (including phenoxy) is 1. The van der Waals surface area contributed by atoms with Crippen molar-refractivity contribution in [3.8, 4) is 0 Å².